The summed E-state index contributed by atoms with van der Waals surface area (Å²) < 4.78 is 0. The van der Waals surface area contributed by atoms with Gasteiger partial charge in [-0.05, 0) is 60.7 Å². The molecule has 1 aliphatic rings. The van der Waals surface area contributed by atoms with Gasteiger partial charge in [-0.1, -0.05) is 60.5 Å². The van der Waals surface area contributed by atoms with Gasteiger partial charge in [-0.15, -0.1) is 6.58 Å². The largest absolute Gasteiger partial charge is 0.176 e. The van der Waals surface area contributed by atoms with E-state index in [0.29, 0.717) is 16.1 Å². The first kappa shape index (κ1) is 20.1. The molecular weight excluding hydrogens is 284 g/mol. The number of allylic oxidation sites excluding steroid dienone is 1. The standard InChI is InChI=1S/C21H40S/c1-8-11-12-13-20(4,5)21(6,7)15-18-17(10-3)16(9-2)14-19(18)22/h8,16-19,22H,1,9-15H2,2-7H3. The highest BCUT2D eigenvalue weighted by Crippen LogP contribution is 2.53. The molecule has 0 N–H and O–H groups in total. The second kappa shape index (κ2) is 8.27. The first-order valence-corrected chi connectivity index (χ1v) is 10.0. The van der Waals surface area contributed by atoms with Crippen LogP contribution in [0, 0.1) is 28.6 Å². The van der Waals surface area contributed by atoms with Crippen molar-refractivity contribution in [3.63, 3.8) is 0 Å². The van der Waals surface area contributed by atoms with Crippen molar-refractivity contribution in [2.75, 3.05) is 0 Å². The molecule has 0 bridgehead atoms. The average Bonchev–Trinajstić information content (AvgIpc) is 2.74. The van der Waals surface area contributed by atoms with Crippen LogP contribution in [0.5, 0.6) is 0 Å². The van der Waals surface area contributed by atoms with Gasteiger partial charge in [-0.2, -0.15) is 12.6 Å². The molecule has 0 spiro atoms. The summed E-state index contributed by atoms with van der Waals surface area (Å²) in [5.74, 6) is 2.58. The molecule has 1 heteroatoms. The molecule has 1 fully saturated rings. The summed E-state index contributed by atoms with van der Waals surface area (Å²) in [5.41, 5.74) is 0.752. The van der Waals surface area contributed by atoms with Gasteiger partial charge in [-0.25, -0.2) is 0 Å². The Morgan fingerprint density at radius 1 is 1.05 bits per heavy atom. The maximum atomic E-state index is 4.99. The van der Waals surface area contributed by atoms with Crippen LogP contribution in [0.15, 0.2) is 12.7 Å². The Kier molecular flexibility index (Phi) is 7.57. The van der Waals surface area contributed by atoms with Crippen LogP contribution in [-0.2, 0) is 0 Å². The smallest absolute Gasteiger partial charge is 0.00507 e. The van der Waals surface area contributed by atoms with Crippen LogP contribution in [0.3, 0.4) is 0 Å². The van der Waals surface area contributed by atoms with E-state index in [1.165, 1.54) is 38.5 Å². The van der Waals surface area contributed by atoms with Crippen LogP contribution in [0.4, 0.5) is 0 Å². The van der Waals surface area contributed by atoms with Crippen molar-refractivity contribution in [1.29, 1.82) is 0 Å². The molecule has 130 valence electrons. The van der Waals surface area contributed by atoms with E-state index >= 15 is 0 Å². The van der Waals surface area contributed by atoms with E-state index in [2.05, 4.69) is 54.2 Å². The van der Waals surface area contributed by atoms with Crippen molar-refractivity contribution in [3.05, 3.63) is 12.7 Å². The number of unbranched alkanes of at least 4 members (excludes halogenated alkanes) is 1. The van der Waals surface area contributed by atoms with E-state index in [9.17, 15) is 0 Å². The summed E-state index contributed by atoms with van der Waals surface area (Å²) in [6.07, 6.45) is 11.1. The summed E-state index contributed by atoms with van der Waals surface area (Å²) in [6.45, 7) is 18.5. The normalized spacial score (nSPS) is 29.8. The summed E-state index contributed by atoms with van der Waals surface area (Å²) >= 11 is 4.99. The van der Waals surface area contributed by atoms with Crippen LogP contribution in [-0.4, -0.2) is 5.25 Å². The molecule has 1 saturated carbocycles. The Balaban J connectivity index is 2.78. The molecule has 0 aliphatic heterocycles. The minimum absolute atomic E-state index is 0.371. The fourth-order valence-corrected chi connectivity index (χ4v) is 5.18. The SMILES string of the molecule is C=CCCCC(C)(C)C(C)(C)CC1C(S)CC(CC)C1CC. The van der Waals surface area contributed by atoms with Crippen LogP contribution in [0.25, 0.3) is 0 Å². The summed E-state index contributed by atoms with van der Waals surface area (Å²) in [4.78, 5) is 0. The zero-order valence-electron chi connectivity index (χ0n) is 16.0. The van der Waals surface area contributed by atoms with Crippen molar-refractivity contribution in [1.82, 2.24) is 0 Å². The van der Waals surface area contributed by atoms with Gasteiger partial charge < -0.3 is 0 Å². The molecule has 0 aromatic heterocycles. The lowest BCUT2D eigenvalue weighted by Gasteiger charge is -2.45. The lowest BCUT2D eigenvalue weighted by Crippen LogP contribution is -2.36. The zero-order chi connectivity index (χ0) is 17.0. The first-order valence-electron chi connectivity index (χ1n) is 9.49. The van der Waals surface area contributed by atoms with E-state index in [4.69, 9.17) is 12.6 Å². The topological polar surface area (TPSA) is 0 Å². The van der Waals surface area contributed by atoms with E-state index in [0.717, 1.165) is 24.2 Å². The molecular formula is C21H40S. The van der Waals surface area contributed by atoms with Gasteiger partial charge >= 0.3 is 0 Å². The van der Waals surface area contributed by atoms with E-state index in [-0.39, 0.29) is 0 Å². The number of hydrogen-bond donors (Lipinski definition) is 1. The van der Waals surface area contributed by atoms with Crippen LogP contribution < -0.4 is 0 Å². The Labute approximate surface area is 145 Å². The van der Waals surface area contributed by atoms with Gasteiger partial charge in [0.15, 0.2) is 0 Å². The van der Waals surface area contributed by atoms with Gasteiger partial charge in [0, 0.05) is 5.25 Å². The fraction of sp³-hybridized carbons (Fsp3) is 0.905. The van der Waals surface area contributed by atoms with Gasteiger partial charge in [0.2, 0.25) is 0 Å². The molecule has 0 radical (unpaired) electrons. The lowest BCUT2D eigenvalue weighted by molar-refractivity contribution is 0.0559. The predicted octanol–water partition coefficient (Wildman–Crippen LogP) is 7.16. The lowest BCUT2D eigenvalue weighted by atomic mass is 9.60. The van der Waals surface area contributed by atoms with Crippen LogP contribution >= 0.6 is 12.6 Å². The minimum Gasteiger partial charge on any atom is -0.176 e. The third-order valence-corrected chi connectivity index (χ3v) is 7.57. The third-order valence-electron chi connectivity index (χ3n) is 6.98. The van der Waals surface area contributed by atoms with E-state index < -0.39 is 0 Å². The second-order valence-electron chi connectivity index (χ2n) is 8.86. The molecule has 0 aromatic carbocycles. The Morgan fingerprint density at radius 3 is 2.18 bits per heavy atom. The number of thiol groups is 1. The maximum absolute atomic E-state index is 4.99. The van der Waals surface area contributed by atoms with Crippen LogP contribution in [0.2, 0.25) is 0 Å². The second-order valence-corrected chi connectivity index (χ2v) is 9.52. The summed E-state index contributed by atoms with van der Waals surface area (Å²) in [6, 6.07) is 0. The zero-order valence-corrected chi connectivity index (χ0v) is 16.9. The molecule has 4 atom stereocenters. The van der Waals surface area contributed by atoms with Crippen molar-refractivity contribution in [3.8, 4) is 0 Å². The third kappa shape index (κ3) is 4.56. The quantitative estimate of drug-likeness (QED) is 0.260. The number of rotatable bonds is 9. The van der Waals surface area contributed by atoms with Crippen molar-refractivity contribution in [2.45, 2.75) is 91.7 Å². The van der Waals surface area contributed by atoms with Crippen molar-refractivity contribution >= 4 is 12.6 Å². The van der Waals surface area contributed by atoms with Gasteiger partial charge in [-0.3, -0.25) is 0 Å². The van der Waals surface area contributed by atoms with Gasteiger partial charge in [0.25, 0.3) is 0 Å². The molecule has 0 saturated heterocycles. The molecule has 0 nitrogen and oxygen atoms in total. The van der Waals surface area contributed by atoms with Crippen LogP contribution in [0.1, 0.15) is 86.5 Å². The monoisotopic (exact) mass is 324 g/mol. The molecule has 22 heavy (non-hydrogen) atoms. The molecule has 0 amide bonds. The van der Waals surface area contributed by atoms with E-state index in [1.54, 1.807) is 0 Å². The molecule has 1 aliphatic carbocycles. The predicted molar refractivity (Wildman–Crippen MR) is 105 cm³/mol. The van der Waals surface area contributed by atoms with Gasteiger partial charge in [0.05, 0.1) is 0 Å². The molecule has 0 aromatic rings. The van der Waals surface area contributed by atoms with Gasteiger partial charge in [0.1, 0.15) is 0 Å². The first-order chi connectivity index (χ1) is 10.2. The summed E-state index contributed by atoms with van der Waals surface area (Å²) in [5, 5.41) is 0.609. The van der Waals surface area contributed by atoms with Crippen molar-refractivity contribution < 1.29 is 0 Å². The fourth-order valence-electron chi connectivity index (χ4n) is 4.58. The highest BCUT2D eigenvalue weighted by molar-refractivity contribution is 7.81. The maximum Gasteiger partial charge on any atom is 0.00507 e. The molecule has 1 rings (SSSR count). The Hall–Kier alpha value is 0.0900. The number of hydrogen-bond acceptors (Lipinski definition) is 1. The average molecular weight is 325 g/mol. The highest BCUT2D eigenvalue weighted by atomic mass is 32.1. The Morgan fingerprint density at radius 2 is 1.68 bits per heavy atom. The van der Waals surface area contributed by atoms with Crippen molar-refractivity contribution in [2.24, 2.45) is 28.6 Å². The Bertz CT molecular complexity index is 342. The molecule has 4 unspecified atom stereocenters. The van der Waals surface area contributed by atoms with E-state index in [1.807, 2.05) is 0 Å². The summed E-state index contributed by atoms with van der Waals surface area (Å²) in [7, 11) is 0. The highest BCUT2D eigenvalue weighted by Gasteiger charge is 2.45. The minimum atomic E-state index is 0.371. The molecule has 0 heterocycles.